The van der Waals surface area contributed by atoms with Gasteiger partial charge in [-0.15, -0.1) is 0 Å². The van der Waals surface area contributed by atoms with Gasteiger partial charge in [0.25, 0.3) is 0 Å². The highest BCUT2D eigenvalue weighted by molar-refractivity contribution is 6.31. The Balaban J connectivity index is 2.31. The number of benzene rings is 1. The third-order valence-corrected chi connectivity index (χ3v) is 2.90. The number of hydrogen-bond donors (Lipinski definition) is 0. The Morgan fingerprint density at radius 2 is 1.86 bits per heavy atom. The van der Waals surface area contributed by atoms with Crippen LogP contribution < -0.4 is 0 Å². The molecule has 0 saturated carbocycles. The van der Waals surface area contributed by atoms with Gasteiger partial charge in [-0.2, -0.15) is 0 Å². The Labute approximate surface area is 89.9 Å². The molecule has 0 saturated heterocycles. The average molecular weight is 205 g/mol. The van der Waals surface area contributed by atoms with Gasteiger partial charge >= 0.3 is 0 Å². The quantitative estimate of drug-likeness (QED) is 0.646. The van der Waals surface area contributed by atoms with Gasteiger partial charge in [0.15, 0.2) is 0 Å². The first-order valence-electron chi connectivity index (χ1n) is 4.88. The van der Waals surface area contributed by atoms with Crippen LogP contribution in [0, 0.1) is 5.92 Å². The van der Waals surface area contributed by atoms with Gasteiger partial charge in [-0.05, 0) is 17.6 Å². The molecule has 72 valence electrons. The molecule has 0 aromatic heterocycles. The van der Waals surface area contributed by atoms with Crippen molar-refractivity contribution in [3.63, 3.8) is 0 Å². The lowest BCUT2D eigenvalue weighted by Crippen LogP contribution is -2.07. The van der Waals surface area contributed by atoms with Gasteiger partial charge in [-0.1, -0.05) is 61.0 Å². The maximum absolute atomic E-state index is 6.00. The highest BCUT2D eigenvalue weighted by Gasteiger charge is 2.17. The van der Waals surface area contributed by atoms with E-state index in [2.05, 4.69) is 43.3 Å². The molecular weight excluding hydrogens is 192 g/mol. The van der Waals surface area contributed by atoms with Crippen LogP contribution in [-0.2, 0) is 0 Å². The lowest BCUT2D eigenvalue weighted by atomic mass is 9.84. The highest BCUT2D eigenvalue weighted by atomic mass is 35.5. The molecule has 0 spiro atoms. The summed E-state index contributed by atoms with van der Waals surface area (Å²) in [5.74, 6) is 0.952. The van der Waals surface area contributed by atoms with Gasteiger partial charge in [-0.25, -0.2) is 0 Å². The van der Waals surface area contributed by atoms with Crippen LogP contribution >= 0.6 is 11.6 Å². The van der Waals surface area contributed by atoms with Crippen molar-refractivity contribution in [1.82, 2.24) is 0 Å². The smallest absolute Gasteiger partial charge is 0.0369 e. The monoisotopic (exact) mass is 204 g/mol. The second-order valence-corrected chi connectivity index (χ2v) is 4.14. The molecule has 1 aliphatic carbocycles. The Bertz CT molecular complexity index is 362. The highest BCUT2D eigenvalue weighted by Crippen LogP contribution is 2.32. The minimum Gasteiger partial charge on any atom is -0.0847 e. The molecule has 2 unspecified atom stereocenters. The third-order valence-electron chi connectivity index (χ3n) is 2.65. The first kappa shape index (κ1) is 9.54. The Hall–Kier alpha value is -1.01. The fourth-order valence-electron chi connectivity index (χ4n) is 1.82. The van der Waals surface area contributed by atoms with Crippen molar-refractivity contribution in [2.45, 2.75) is 12.8 Å². The SMILES string of the molecule is CC1C=CC(Cl)=CC1c1ccccc1. The van der Waals surface area contributed by atoms with Gasteiger partial charge in [0.05, 0.1) is 0 Å². The van der Waals surface area contributed by atoms with Gasteiger partial charge in [0, 0.05) is 11.0 Å². The Morgan fingerprint density at radius 1 is 1.14 bits per heavy atom. The normalized spacial score (nSPS) is 26.0. The van der Waals surface area contributed by atoms with E-state index < -0.39 is 0 Å². The molecule has 0 heterocycles. The van der Waals surface area contributed by atoms with Crippen LogP contribution in [0.1, 0.15) is 18.4 Å². The van der Waals surface area contributed by atoms with Crippen LogP contribution in [0.15, 0.2) is 53.6 Å². The minimum atomic E-state index is 0.425. The van der Waals surface area contributed by atoms with Gasteiger partial charge < -0.3 is 0 Å². The molecule has 0 fully saturated rings. The molecule has 0 radical (unpaired) electrons. The zero-order valence-corrected chi connectivity index (χ0v) is 8.91. The standard InChI is InChI=1S/C13H13Cl/c1-10-7-8-12(14)9-13(10)11-5-3-2-4-6-11/h2-10,13H,1H3. The summed E-state index contributed by atoms with van der Waals surface area (Å²) >= 11 is 6.00. The average Bonchev–Trinajstić information content (AvgIpc) is 2.23. The van der Waals surface area contributed by atoms with Gasteiger partial charge in [0.2, 0.25) is 0 Å². The molecule has 0 N–H and O–H groups in total. The van der Waals surface area contributed by atoms with Crippen LogP contribution in [0.5, 0.6) is 0 Å². The predicted molar refractivity (Wildman–Crippen MR) is 61.4 cm³/mol. The van der Waals surface area contributed by atoms with Crippen LogP contribution in [-0.4, -0.2) is 0 Å². The molecule has 1 heteroatoms. The molecule has 0 nitrogen and oxygen atoms in total. The first-order chi connectivity index (χ1) is 6.77. The first-order valence-corrected chi connectivity index (χ1v) is 5.25. The summed E-state index contributed by atoms with van der Waals surface area (Å²) in [6, 6.07) is 10.5. The third kappa shape index (κ3) is 1.91. The summed E-state index contributed by atoms with van der Waals surface area (Å²) in [6.45, 7) is 2.22. The van der Waals surface area contributed by atoms with Gasteiger partial charge in [0.1, 0.15) is 0 Å². The molecule has 2 atom stereocenters. The van der Waals surface area contributed by atoms with E-state index in [1.807, 2.05) is 12.1 Å². The molecule has 0 bridgehead atoms. The lowest BCUT2D eigenvalue weighted by molar-refractivity contribution is 0.634. The summed E-state index contributed by atoms with van der Waals surface area (Å²) < 4.78 is 0. The van der Waals surface area contributed by atoms with E-state index in [0.717, 1.165) is 5.03 Å². The fraction of sp³-hybridized carbons (Fsp3) is 0.231. The lowest BCUT2D eigenvalue weighted by Gasteiger charge is -2.21. The number of allylic oxidation sites excluding steroid dienone is 4. The number of halogens is 1. The van der Waals surface area contributed by atoms with Crippen molar-refractivity contribution in [3.8, 4) is 0 Å². The fourth-order valence-corrected chi connectivity index (χ4v) is 2.03. The minimum absolute atomic E-state index is 0.425. The maximum atomic E-state index is 6.00. The predicted octanol–water partition coefficient (Wildman–Crippen LogP) is 4.10. The summed E-state index contributed by atoms with van der Waals surface area (Å²) in [7, 11) is 0. The van der Waals surface area contributed by atoms with Crippen molar-refractivity contribution in [1.29, 1.82) is 0 Å². The molecule has 1 aliphatic rings. The molecular formula is C13H13Cl. The van der Waals surface area contributed by atoms with E-state index in [-0.39, 0.29) is 0 Å². The zero-order valence-electron chi connectivity index (χ0n) is 8.15. The van der Waals surface area contributed by atoms with Crippen molar-refractivity contribution >= 4 is 11.6 Å². The van der Waals surface area contributed by atoms with Crippen LogP contribution in [0.3, 0.4) is 0 Å². The van der Waals surface area contributed by atoms with E-state index in [0.29, 0.717) is 11.8 Å². The second-order valence-electron chi connectivity index (χ2n) is 3.71. The summed E-state index contributed by atoms with van der Waals surface area (Å²) in [5, 5.41) is 0.844. The van der Waals surface area contributed by atoms with E-state index in [1.54, 1.807) is 0 Å². The van der Waals surface area contributed by atoms with Crippen molar-refractivity contribution in [2.24, 2.45) is 5.92 Å². The van der Waals surface area contributed by atoms with Crippen LogP contribution in [0.4, 0.5) is 0 Å². The van der Waals surface area contributed by atoms with E-state index >= 15 is 0 Å². The van der Waals surface area contributed by atoms with Crippen molar-refractivity contribution < 1.29 is 0 Å². The Morgan fingerprint density at radius 3 is 2.57 bits per heavy atom. The molecule has 0 aliphatic heterocycles. The Kier molecular flexibility index (Phi) is 2.74. The summed E-state index contributed by atoms with van der Waals surface area (Å²) in [5.41, 5.74) is 1.34. The molecule has 0 amide bonds. The molecule has 1 aromatic carbocycles. The topological polar surface area (TPSA) is 0 Å². The zero-order chi connectivity index (χ0) is 9.97. The maximum Gasteiger partial charge on any atom is 0.0369 e. The van der Waals surface area contributed by atoms with Crippen LogP contribution in [0.25, 0.3) is 0 Å². The molecule has 2 rings (SSSR count). The number of hydrogen-bond acceptors (Lipinski definition) is 0. The van der Waals surface area contributed by atoms with Crippen molar-refractivity contribution in [3.05, 3.63) is 59.2 Å². The van der Waals surface area contributed by atoms with E-state index in [1.165, 1.54) is 5.56 Å². The summed E-state index contributed by atoms with van der Waals surface area (Å²) in [4.78, 5) is 0. The summed E-state index contributed by atoms with van der Waals surface area (Å²) in [6.07, 6.45) is 6.27. The van der Waals surface area contributed by atoms with Gasteiger partial charge in [-0.3, -0.25) is 0 Å². The molecule has 1 aromatic rings. The molecule has 14 heavy (non-hydrogen) atoms. The van der Waals surface area contributed by atoms with E-state index in [9.17, 15) is 0 Å². The number of rotatable bonds is 1. The van der Waals surface area contributed by atoms with E-state index in [4.69, 9.17) is 11.6 Å². The second kappa shape index (κ2) is 4.02. The van der Waals surface area contributed by atoms with Crippen LogP contribution in [0.2, 0.25) is 0 Å². The largest absolute Gasteiger partial charge is 0.0847 e. The van der Waals surface area contributed by atoms with Crippen molar-refractivity contribution in [2.75, 3.05) is 0 Å².